The van der Waals surface area contributed by atoms with Crippen molar-refractivity contribution in [3.63, 3.8) is 0 Å². The van der Waals surface area contributed by atoms with Crippen molar-refractivity contribution >= 4 is 0 Å². The topological polar surface area (TPSA) is 91.1 Å². The molecule has 74 valence electrons. The summed E-state index contributed by atoms with van der Waals surface area (Å²) in [6.45, 7) is 0.236. The molecule has 2 aliphatic rings. The van der Waals surface area contributed by atoms with Gasteiger partial charge in [-0.3, -0.25) is 0 Å². The van der Waals surface area contributed by atoms with Crippen molar-refractivity contribution in [3.05, 3.63) is 10.1 Å². The van der Waals surface area contributed by atoms with Crippen LogP contribution in [0, 0.1) is 10.1 Å². The van der Waals surface area contributed by atoms with Crippen molar-refractivity contribution in [1.82, 2.24) is 0 Å². The first-order chi connectivity index (χ1) is 6.18. The fourth-order valence-corrected chi connectivity index (χ4v) is 1.64. The Morgan fingerprint density at radius 1 is 1.38 bits per heavy atom. The van der Waals surface area contributed by atoms with Gasteiger partial charge in [-0.2, -0.15) is 0 Å². The third-order valence-corrected chi connectivity index (χ3v) is 2.20. The Morgan fingerprint density at radius 3 is 2.77 bits per heavy atom. The van der Waals surface area contributed by atoms with E-state index in [1.165, 1.54) is 0 Å². The van der Waals surface area contributed by atoms with Crippen LogP contribution in [0.25, 0.3) is 0 Å². The van der Waals surface area contributed by atoms with Crippen molar-refractivity contribution in [1.29, 1.82) is 0 Å². The molecule has 7 nitrogen and oxygen atoms in total. The monoisotopic (exact) mass is 191 g/mol. The van der Waals surface area contributed by atoms with E-state index in [1.54, 1.807) is 0 Å². The third kappa shape index (κ3) is 1.45. The van der Waals surface area contributed by atoms with E-state index < -0.39 is 29.5 Å². The molecule has 0 amide bonds. The number of aliphatic hydroxyl groups is 1. The average Bonchev–Trinajstić information content (AvgIpc) is 2.56. The average molecular weight is 191 g/mol. The predicted octanol–water partition coefficient (Wildman–Crippen LogP) is -1.28. The van der Waals surface area contributed by atoms with Gasteiger partial charge in [0.1, 0.15) is 18.3 Å². The zero-order valence-corrected chi connectivity index (χ0v) is 6.66. The van der Waals surface area contributed by atoms with E-state index in [0.29, 0.717) is 0 Å². The second-order valence-electron chi connectivity index (χ2n) is 3.03. The van der Waals surface area contributed by atoms with Gasteiger partial charge in [0.15, 0.2) is 6.10 Å². The number of ether oxygens (including phenoxy) is 2. The molecule has 2 unspecified atom stereocenters. The van der Waals surface area contributed by atoms with Gasteiger partial charge in [-0.1, -0.05) is 0 Å². The highest BCUT2D eigenvalue weighted by molar-refractivity contribution is 4.94. The van der Waals surface area contributed by atoms with Crippen LogP contribution in [0.15, 0.2) is 0 Å². The molecule has 13 heavy (non-hydrogen) atoms. The maximum Gasteiger partial charge on any atom is 0.294 e. The molecule has 0 saturated carbocycles. The van der Waals surface area contributed by atoms with Gasteiger partial charge in [0.05, 0.1) is 13.2 Å². The SMILES string of the molecule is O=[N+]([O-])O[C@@H]1COC2C1OC[C@@H]2O. The molecular weight excluding hydrogens is 182 g/mol. The molecular formula is C6H9NO6. The fourth-order valence-electron chi connectivity index (χ4n) is 1.64. The summed E-state index contributed by atoms with van der Waals surface area (Å²) in [5, 5.41) is 18.4. The van der Waals surface area contributed by atoms with Crippen molar-refractivity contribution in [2.24, 2.45) is 0 Å². The Morgan fingerprint density at radius 2 is 2.08 bits per heavy atom. The Labute approximate surface area is 73.3 Å². The van der Waals surface area contributed by atoms with Crippen LogP contribution in [0.2, 0.25) is 0 Å². The van der Waals surface area contributed by atoms with Crippen molar-refractivity contribution in [2.45, 2.75) is 24.4 Å². The Bertz CT molecular complexity index is 221. The molecule has 1 N–H and O–H groups in total. The zero-order chi connectivity index (χ0) is 9.42. The summed E-state index contributed by atoms with van der Waals surface area (Å²) in [7, 11) is 0. The predicted molar refractivity (Wildman–Crippen MR) is 37.4 cm³/mol. The summed E-state index contributed by atoms with van der Waals surface area (Å²) >= 11 is 0. The smallest absolute Gasteiger partial charge is 0.294 e. The van der Waals surface area contributed by atoms with Gasteiger partial charge >= 0.3 is 0 Å². The maximum absolute atomic E-state index is 10.0. The maximum atomic E-state index is 10.0. The highest BCUT2D eigenvalue weighted by Gasteiger charge is 2.48. The molecule has 0 bridgehead atoms. The lowest BCUT2D eigenvalue weighted by molar-refractivity contribution is -0.769. The Kier molecular flexibility index (Phi) is 2.06. The number of aliphatic hydroxyl groups excluding tert-OH is 1. The fraction of sp³-hybridized carbons (Fsp3) is 1.00. The number of fused-ring (bicyclic) bond motifs is 1. The molecule has 0 aromatic rings. The lowest BCUT2D eigenvalue weighted by atomic mass is 10.1. The molecule has 0 aromatic carbocycles. The molecule has 0 aliphatic carbocycles. The van der Waals surface area contributed by atoms with E-state index in [-0.39, 0.29) is 13.2 Å². The van der Waals surface area contributed by atoms with Gasteiger partial charge in [-0.05, 0) is 0 Å². The van der Waals surface area contributed by atoms with E-state index >= 15 is 0 Å². The quantitative estimate of drug-likeness (QED) is 0.432. The molecule has 2 fully saturated rings. The molecule has 0 spiro atoms. The first-order valence-electron chi connectivity index (χ1n) is 3.91. The molecule has 2 aliphatic heterocycles. The summed E-state index contributed by atoms with van der Waals surface area (Å²) in [6, 6.07) is 0. The van der Waals surface area contributed by atoms with Crippen LogP contribution in [-0.2, 0) is 14.3 Å². The largest absolute Gasteiger partial charge is 0.388 e. The van der Waals surface area contributed by atoms with Gasteiger partial charge in [0.2, 0.25) is 0 Å². The van der Waals surface area contributed by atoms with Gasteiger partial charge in [-0.15, -0.1) is 10.1 Å². The summed E-state index contributed by atoms with van der Waals surface area (Å²) < 4.78 is 10.2. The highest BCUT2D eigenvalue weighted by Crippen LogP contribution is 2.28. The first-order valence-corrected chi connectivity index (χ1v) is 3.91. The van der Waals surface area contributed by atoms with Crippen LogP contribution in [0.5, 0.6) is 0 Å². The number of hydrogen-bond donors (Lipinski definition) is 1. The van der Waals surface area contributed by atoms with E-state index in [9.17, 15) is 15.2 Å². The third-order valence-electron chi connectivity index (χ3n) is 2.20. The molecule has 0 aromatic heterocycles. The molecule has 2 saturated heterocycles. The van der Waals surface area contributed by atoms with Crippen molar-refractivity contribution in [3.8, 4) is 0 Å². The van der Waals surface area contributed by atoms with Crippen LogP contribution in [0.1, 0.15) is 0 Å². The molecule has 7 heteroatoms. The Hall–Kier alpha value is -0.920. The normalized spacial score (nSPS) is 43.2. The van der Waals surface area contributed by atoms with E-state index in [1.807, 2.05) is 0 Å². The summed E-state index contributed by atoms with van der Waals surface area (Å²) in [5.74, 6) is 0. The molecule has 0 radical (unpaired) electrons. The van der Waals surface area contributed by atoms with Crippen LogP contribution in [-0.4, -0.2) is 47.8 Å². The highest BCUT2D eigenvalue weighted by atomic mass is 17.0. The van der Waals surface area contributed by atoms with Crippen molar-refractivity contribution < 1.29 is 24.5 Å². The van der Waals surface area contributed by atoms with Gasteiger partial charge < -0.3 is 19.4 Å². The van der Waals surface area contributed by atoms with E-state index in [2.05, 4.69) is 4.84 Å². The lowest BCUT2D eigenvalue weighted by Gasteiger charge is -2.12. The van der Waals surface area contributed by atoms with Gasteiger partial charge in [0.25, 0.3) is 5.09 Å². The summed E-state index contributed by atoms with van der Waals surface area (Å²) in [5.41, 5.74) is 0. The summed E-state index contributed by atoms with van der Waals surface area (Å²) in [4.78, 5) is 14.4. The second-order valence-corrected chi connectivity index (χ2v) is 3.03. The van der Waals surface area contributed by atoms with E-state index in [4.69, 9.17) is 9.47 Å². The first kappa shape index (κ1) is 8.67. The van der Waals surface area contributed by atoms with Crippen LogP contribution in [0.3, 0.4) is 0 Å². The Balaban J connectivity index is 1.98. The minimum absolute atomic E-state index is 0.0906. The van der Waals surface area contributed by atoms with Gasteiger partial charge in [-0.25, -0.2) is 0 Å². The van der Waals surface area contributed by atoms with Crippen LogP contribution in [0.4, 0.5) is 0 Å². The lowest BCUT2D eigenvalue weighted by Crippen LogP contribution is -2.33. The molecule has 2 rings (SSSR count). The van der Waals surface area contributed by atoms with Crippen LogP contribution < -0.4 is 0 Å². The van der Waals surface area contributed by atoms with Crippen molar-refractivity contribution in [2.75, 3.05) is 13.2 Å². The van der Waals surface area contributed by atoms with Crippen LogP contribution >= 0.6 is 0 Å². The minimum atomic E-state index is -0.871. The van der Waals surface area contributed by atoms with E-state index in [0.717, 1.165) is 0 Å². The number of hydrogen-bond acceptors (Lipinski definition) is 6. The summed E-state index contributed by atoms with van der Waals surface area (Å²) in [6.07, 6.45) is -2.41. The number of rotatable bonds is 2. The number of nitrogens with zero attached hydrogens (tertiary/aromatic N) is 1. The standard InChI is InChI=1S/C6H9NO6/c8-3-1-11-6-4(13-7(9)10)2-12-5(3)6/h3-6,8H,1-2H2/t3-,4+,5?,6?/m0/s1. The molecule has 2 heterocycles. The second kappa shape index (κ2) is 3.09. The molecule has 4 atom stereocenters. The zero-order valence-electron chi connectivity index (χ0n) is 6.66. The minimum Gasteiger partial charge on any atom is -0.388 e. The van der Waals surface area contributed by atoms with Gasteiger partial charge in [0, 0.05) is 0 Å².